The molecule has 93 valence electrons. The van der Waals surface area contributed by atoms with E-state index >= 15 is 0 Å². The van der Waals surface area contributed by atoms with Gasteiger partial charge in [-0.1, -0.05) is 69.8 Å². The summed E-state index contributed by atoms with van der Waals surface area (Å²) in [5.74, 6) is 0. The van der Waals surface area contributed by atoms with E-state index in [1.54, 1.807) is 0 Å². The van der Waals surface area contributed by atoms with E-state index in [4.69, 9.17) is 0 Å². The Labute approximate surface area is 103 Å². The van der Waals surface area contributed by atoms with E-state index in [1.807, 2.05) is 0 Å². The van der Waals surface area contributed by atoms with Crippen LogP contribution in [0, 0.1) is 6.92 Å². The fourth-order valence-corrected chi connectivity index (χ4v) is 1.74. The van der Waals surface area contributed by atoms with Crippen molar-refractivity contribution in [3.8, 4) is 0 Å². The minimum Gasteiger partial charge on any atom is -0.0917 e. The van der Waals surface area contributed by atoms with Crippen LogP contribution in [0.15, 0.2) is 24.3 Å². The van der Waals surface area contributed by atoms with E-state index < -0.39 is 0 Å². The van der Waals surface area contributed by atoms with Crippen LogP contribution in [0.3, 0.4) is 0 Å². The van der Waals surface area contributed by atoms with E-state index in [2.05, 4.69) is 38.2 Å². The topological polar surface area (TPSA) is 0 Å². The Hall–Kier alpha value is -0.520. The molecule has 0 unspecified atom stereocenters. The molecule has 0 aliphatic carbocycles. The first kappa shape index (κ1) is 15.5. The molecule has 0 heterocycles. The van der Waals surface area contributed by atoms with Gasteiger partial charge in [0.25, 0.3) is 0 Å². The molecule has 0 saturated heterocycles. The maximum atomic E-state index is 3.86. The smallest absolute Gasteiger partial charge is 0.0316 e. The molecular weight excluding hydrogens is 192 g/mol. The molecule has 0 nitrogen and oxygen atoms in total. The molecule has 0 atom stereocenters. The van der Waals surface area contributed by atoms with Gasteiger partial charge in [0.2, 0.25) is 0 Å². The summed E-state index contributed by atoms with van der Waals surface area (Å²) in [4.78, 5) is 0. The van der Waals surface area contributed by atoms with Crippen LogP contribution in [0.5, 0.6) is 0 Å². The Morgan fingerprint density at radius 2 is 1.25 bits per heavy atom. The molecule has 0 heteroatoms. The maximum absolute atomic E-state index is 3.86. The van der Waals surface area contributed by atoms with Crippen molar-refractivity contribution in [2.24, 2.45) is 0 Å². The Morgan fingerprint density at radius 1 is 0.688 bits per heavy atom. The van der Waals surface area contributed by atoms with Gasteiger partial charge < -0.3 is 0 Å². The van der Waals surface area contributed by atoms with E-state index in [0.717, 1.165) is 6.42 Å². The molecule has 0 fully saturated rings. The van der Waals surface area contributed by atoms with Crippen LogP contribution in [0.2, 0.25) is 0 Å². The van der Waals surface area contributed by atoms with Crippen LogP contribution in [-0.2, 0) is 0 Å². The van der Waals surface area contributed by atoms with Crippen molar-refractivity contribution in [2.45, 2.75) is 71.1 Å². The Morgan fingerprint density at radius 3 is 1.94 bits per heavy atom. The number of allylic oxidation sites excluding steroid dienone is 4. The predicted molar refractivity (Wildman–Crippen MR) is 75.5 cm³/mol. The lowest BCUT2D eigenvalue weighted by atomic mass is 10.1. The second kappa shape index (κ2) is 14.5. The molecular formula is C16H29. The van der Waals surface area contributed by atoms with Gasteiger partial charge in [0.1, 0.15) is 0 Å². The van der Waals surface area contributed by atoms with E-state index in [9.17, 15) is 0 Å². The summed E-state index contributed by atoms with van der Waals surface area (Å²) >= 11 is 0. The predicted octanol–water partition coefficient (Wildman–Crippen LogP) is 5.85. The highest BCUT2D eigenvalue weighted by molar-refractivity contribution is 4.86. The SMILES string of the molecule is [CH2]CCCCCCCCC=CCCC=CC. The minimum atomic E-state index is 1.11. The molecule has 16 heavy (non-hydrogen) atoms. The van der Waals surface area contributed by atoms with Gasteiger partial charge in [0, 0.05) is 0 Å². The van der Waals surface area contributed by atoms with Crippen LogP contribution in [-0.4, -0.2) is 0 Å². The van der Waals surface area contributed by atoms with E-state index in [1.165, 1.54) is 57.8 Å². The lowest BCUT2D eigenvalue weighted by Crippen LogP contribution is -1.79. The molecule has 0 aliphatic heterocycles. The summed E-state index contributed by atoms with van der Waals surface area (Å²) in [6, 6.07) is 0. The molecule has 0 rings (SSSR count). The second-order valence-corrected chi connectivity index (χ2v) is 4.38. The summed E-state index contributed by atoms with van der Waals surface area (Å²) in [5, 5.41) is 0. The highest BCUT2D eigenvalue weighted by atomic mass is 13.9. The third-order valence-electron chi connectivity index (χ3n) is 2.77. The molecule has 0 aromatic carbocycles. The van der Waals surface area contributed by atoms with Gasteiger partial charge in [0.15, 0.2) is 0 Å². The first-order valence-corrected chi connectivity index (χ1v) is 6.97. The molecule has 0 aliphatic rings. The molecule has 0 saturated carbocycles. The second-order valence-electron chi connectivity index (χ2n) is 4.38. The first-order valence-electron chi connectivity index (χ1n) is 6.97. The van der Waals surface area contributed by atoms with Gasteiger partial charge in [-0.05, 0) is 32.6 Å². The van der Waals surface area contributed by atoms with Crippen LogP contribution in [0.1, 0.15) is 71.1 Å². The van der Waals surface area contributed by atoms with Gasteiger partial charge in [-0.25, -0.2) is 0 Å². The van der Waals surface area contributed by atoms with Crippen molar-refractivity contribution in [3.63, 3.8) is 0 Å². The fourth-order valence-electron chi connectivity index (χ4n) is 1.74. The molecule has 0 N–H and O–H groups in total. The number of rotatable bonds is 11. The Bertz CT molecular complexity index is 165. The van der Waals surface area contributed by atoms with Crippen LogP contribution in [0.4, 0.5) is 0 Å². The average Bonchev–Trinajstić information content (AvgIpc) is 2.31. The highest BCUT2D eigenvalue weighted by Gasteiger charge is 1.89. The highest BCUT2D eigenvalue weighted by Crippen LogP contribution is 2.08. The number of unbranched alkanes of at least 4 members (excludes halogenated alkanes) is 8. The molecule has 0 bridgehead atoms. The van der Waals surface area contributed by atoms with Crippen LogP contribution in [0.25, 0.3) is 0 Å². The summed E-state index contributed by atoms with van der Waals surface area (Å²) in [7, 11) is 0. The summed E-state index contributed by atoms with van der Waals surface area (Å²) in [5.41, 5.74) is 0. The van der Waals surface area contributed by atoms with Crippen LogP contribution < -0.4 is 0 Å². The zero-order chi connectivity index (χ0) is 11.9. The Balaban J connectivity index is 3.02. The van der Waals surface area contributed by atoms with E-state index in [-0.39, 0.29) is 0 Å². The van der Waals surface area contributed by atoms with Crippen molar-refractivity contribution < 1.29 is 0 Å². The van der Waals surface area contributed by atoms with Crippen molar-refractivity contribution in [3.05, 3.63) is 31.2 Å². The van der Waals surface area contributed by atoms with Gasteiger partial charge in [0.05, 0.1) is 0 Å². The van der Waals surface area contributed by atoms with Crippen molar-refractivity contribution in [1.29, 1.82) is 0 Å². The maximum Gasteiger partial charge on any atom is -0.0316 e. The third-order valence-corrected chi connectivity index (χ3v) is 2.77. The molecule has 0 aromatic heterocycles. The fraction of sp³-hybridized carbons (Fsp3) is 0.688. The van der Waals surface area contributed by atoms with E-state index in [0.29, 0.717) is 0 Å². The quantitative estimate of drug-likeness (QED) is 0.303. The summed E-state index contributed by atoms with van der Waals surface area (Å²) in [6.07, 6.45) is 22.1. The molecule has 0 amide bonds. The molecule has 0 aromatic rings. The van der Waals surface area contributed by atoms with Crippen molar-refractivity contribution >= 4 is 0 Å². The van der Waals surface area contributed by atoms with Gasteiger partial charge in [-0.15, -0.1) is 0 Å². The normalized spacial score (nSPS) is 11.9. The van der Waals surface area contributed by atoms with Gasteiger partial charge in [-0.2, -0.15) is 0 Å². The van der Waals surface area contributed by atoms with Crippen molar-refractivity contribution in [2.75, 3.05) is 0 Å². The average molecular weight is 221 g/mol. The lowest BCUT2D eigenvalue weighted by Gasteiger charge is -1.98. The van der Waals surface area contributed by atoms with Crippen LogP contribution >= 0.6 is 0 Å². The summed E-state index contributed by atoms with van der Waals surface area (Å²) in [6.45, 7) is 5.94. The zero-order valence-electron chi connectivity index (χ0n) is 11.1. The summed E-state index contributed by atoms with van der Waals surface area (Å²) < 4.78 is 0. The third kappa shape index (κ3) is 13.5. The lowest BCUT2D eigenvalue weighted by molar-refractivity contribution is 0.599. The first-order chi connectivity index (χ1) is 7.91. The monoisotopic (exact) mass is 221 g/mol. The Kier molecular flexibility index (Phi) is 14.0. The zero-order valence-corrected chi connectivity index (χ0v) is 11.1. The molecule has 1 radical (unpaired) electrons. The molecule has 0 spiro atoms. The van der Waals surface area contributed by atoms with Gasteiger partial charge >= 0.3 is 0 Å². The largest absolute Gasteiger partial charge is 0.0917 e. The number of hydrogen-bond acceptors (Lipinski definition) is 0. The standard InChI is InChI=1S/C16H29/c1-3-5-7-9-11-13-15-16-14-12-10-8-6-4-2/h4,6,12,14H,1,3,5,7-11,13,15-16H2,2H3. The van der Waals surface area contributed by atoms with Crippen molar-refractivity contribution in [1.82, 2.24) is 0 Å². The minimum absolute atomic E-state index is 1.11. The number of hydrogen-bond donors (Lipinski definition) is 0. The van der Waals surface area contributed by atoms with Gasteiger partial charge in [-0.3, -0.25) is 0 Å².